The van der Waals surface area contributed by atoms with Gasteiger partial charge in [-0.15, -0.1) is 0 Å². The third kappa shape index (κ3) is 2.67. The predicted octanol–water partition coefficient (Wildman–Crippen LogP) is 0.00620. The number of carbonyl (C=O) groups is 1. The lowest BCUT2D eigenvalue weighted by atomic mass is 9.91. The highest BCUT2D eigenvalue weighted by Gasteiger charge is 2.38. The molecule has 0 aromatic carbocycles. The van der Waals surface area contributed by atoms with E-state index < -0.39 is 5.60 Å². The van der Waals surface area contributed by atoms with Crippen LogP contribution >= 0.6 is 0 Å². The number of rotatable bonds is 4. The molecule has 0 unspecified atom stereocenters. The first-order valence-corrected chi connectivity index (χ1v) is 4.61. The van der Waals surface area contributed by atoms with Crippen LogP contribution in [0.2, 0.25) is 0 Å². The monoisotopic (exact) mass is 187 g/mol. The number of nitrogens with zero attached hydrogens (tertiary/aromatic N) is 1. The Labute approximate surface area is 78.5 Å². The molecular formula is C9H17NO3. The van der Waals surface area contributed by atoms with Gasteiger partial charge in [-0.25, -0.2) is 0 Å². The van der Waals surface area contributed by atoms with Crippen LogP contribution in [0.25, 0.3) is 0 Å². The van der Waals surface area contributed by atoms with Gasteiger partial charge >= 0.3 is 5.97 Å². The molecule has 1 heterocycles. The van der Waals surface area contributed by atoms with E-state index >= 15 is 0 Å². The van der Waals surface area contributed by atoms with E-state index in [1.54, 1.807) is 0 Å². The van der Waals surface area contributed by atoms with E-state index in [1.165, 1.54) is 7.11 Å². The van der Waals surface area contributed by atoms with E-state index in [0.29, 0.717) is 26.1 Å². The van der Waals surface area contributed by atoms with Gasteiger partial charge in [0.15, 0.2) is 0 Å². The van der Waals surface area contributed by atoms with Crippen LogP contribution in [0.5, 0.6) is 0 Å². The van der Waals surface area contributed by atoms with Crippen molar-refractivity contribution in [2.24, 2.45) is 0 Å². The Morgan fingerprint density at radius 1 is 1.62 bits per heavy atom. The Bertz CT molecular complexity index is 187. The number of hydrogen-bond donors (Lipinski definition) is 1. The van der Waals surface area contributed by atoms with Crippen molar-refractivity contribution in [3.05, 3.63) is 0 Å². The normalized spacial score (nSPS) is 20.8. The maximum atomic E-state index is 10.8. The van der Waals surface area contributed by atoms with Gasteiger partial charge in [-0.1, -0.05) is 6.92 Å². The van der Waals surface area contributed by atoms with Crippen LogP contribution in [0.3, 0.4) is 0 Å². The number of ether oxygens (including phenoxy) is 1. The van der Waals surface area contributed by atoms with Crippen LogP contribution in [-0.2, 0) is 9.53 Å². The van der Waals surface area contributed by atoms with Gasteiger partial charge in [-0.2, -0.15) is 0 Å². The Morgan fingerprint density at radius 3 is 2.69 bits per heavy atom. The van der Waals surface area contributed by atoms with Gasteiger partial charge in [0.05, 0.1) is 19.1 Å². The molecular weight excluding hydrogens is 170 g/mol. The number of β-amino-alcohol motifs (C(OH)–C–C–N with tert-alkyl or cyclic N) is 1. The van der Waals surface area contributed by atoms with Gasteiger partial charge < -0.3 is 9.84 Å². The van der Waals surface area contributed by atoms with E-state index in [0.717, 1.165) is 6.42 Å². The second-order valence-corrected chi connectivity index (χ2v) is 3.61. The van der Waals surface area contributed by atoms with Crippen LogP contribution in [0.15, 0.2) is 0 Å². The van der Waals surface area contributed by atoms with Crippen molar-refractivity contribution < 1.29 is 14.6 Å². The van der Waals surface area contributed by atoms with Gasteiger partial charge in [0.1, 0.15) is 0 Å². The quantitative estimate of drug-likeness (QED) is 0.630. The number of carbonyl (C=O) groups excluding carboxylic acids is 1. The van der Waals surface area contributed by atoms with Gasteiger partial charge in [0.25, 0.3) is 0 Å². The number of esters is 1. The molecule has 4 heteroatoms. The van der Waals surface area contributed by atoms with Crippen molar-refractivity contribution in [2.75, 3.05) is 26.7 Å². The summed E-state index contributed by atoms with van der Waals surface area (Å²) in [6.07, 6.45) is 1.19. The number of methoxy groups -OCH3 is 1. The van der Waals surface area contributed by atoms with Crippen molar-refractivity contribution in [1.82, 2.24) is 4.90 Å². The topological polar surface area (TPSA) is 49.8 Å². The van der Waals surface area contributed by atoms with Crippen LogP contribution in [0.1, 0.15) is 19.8 Å². The average Bonchev–Trinajstić information content (AvgIpc) is 2.09. The van der Waals surface area contributed by atoms with Crippen molar-refractivity contribution in [3.63, 3.8) is 0 Å². The zero-order chi connectivity index (χ0) is 9.90. The molecule has 0 aliphatic carbocycles. The van der Waals surface area contributed by atoms with Crippen molar-refractivity contribution >= 4 is 5.97 Å². The van der Waals surface area contributed by atoms with E-state index in [2.05, 4.69) is 9.64 Å². The fourth-order valence-electron chi connectivity index (χ4n) is 1.52. The highest BCUT2D eigenvalue weighted by Crippen LogP contribution is 2.23. The minimum absolute atomic E-state index is 0.188. The molecule has 0 aromatic rings. The van der Waals surface area contributed by atoms with Gasteiger partial charge in [-0.3, -0.25) is 9.69 Å². The van der Waals surface area contributed by atoms with Crippen LogP contribution in [0, 0.1) is 0 Å². The molecule has 76 valence electrons. The summed E-state index contributed by atoms with van der Waals surface area (Å²) in [7, 11) is 1.39. The number of aliphatic hydroxyl groups is 1. The lowest BCUT2D eigenvalue weighted by Crippen LogP contribution is -2.61. The molecule has 0 aromatic heterocycles. The maximum absolute atomic E-state index is 10.8. The summed E-state index contributed by atoms with van der Waals surface area (Å²) in [5.74, 6) is -0.188. The summed E-state index contributed by atoms with van der Waals surface area (Å²) in [5.41, 5.74) is -0.504. The molecule has 1 N–H and O–H groups in total. The Kier molecular flexibility index (Phi) is 3.27. The van der Waals surface area contributed by atoms with Crippen LogP contribution in [0.4, 0.5) is 0 Å². The first-order chi connectivity index (χ1) is 6.09. The highest BCUT2D eigenvalue weighted by molar-refractivity contribution is 5.69. The molecule has 1 rings (SSSR count). The summed E-state index contributed by atoms with van der Waals surface area (Å²) >= 11 is 0. The molecule has 1 saturated heterocycles. The smallest absolute Gasteiger partial charge is 0.306 e. The predicted molar refractivity (Wildman–Crippen MR) is 48.3 cm³/mol. The lowest BCUT2D eigenvalue weighted by molar-refractivity contribution is -0.143. The second-order valence-electron chi connectivity index (χ2n) is 3.61. The van der Waals surface area contributed by atoms with Crippen LogP contribution < -0.4 is 0 Å². The zero-order valence-electron chi connectivity index (χ0n) is 8.25. The molecule has 0 spiro atoms. The largest absolute Gasteiger partial charge is 0.469 e. The lowest BCUT2D eigenvalue weighted by Gasteiger charge is -2.46. The standard InChI is InChI=1S/C9H17NO3/c1-3-9(12)6-10(7-9)5-4-8(11)13-2/h12H,3-7H2,1-2H3. The fraction of sp³-hybridized carbons (Fsp3) is 0.889. The Morgan fingerprint density at radius 2 is 2.23 bits per heavy atom. The van der Waals surface area contributed by atoms with Gasteiger partial charge in [-0.05, 0) is 6.42 Å². The van der Waals surface area contributed by atoms with Crippen molar-refractivity contribution in [3.8, 4) is 0 Å². The summed E-state index contributed by atoms with van der Waals surface area (Å²) in [5, 5.41) is 9.65. The molecule has 1 fully saturated rings. The first-order valence-electron chi connectivity index (χ1n) is 4.61. The molecule has 1 aliphatic rings. The van der Waals surface area contributed by atoms with Crippen molar-refractivity contribution in [1.29, 1.82) is 0 Å². The van der Waals surface area contributed by atoms with E-state index in [4.69, 9.17) is 0 Å². The summed E-state index contributed by atoms with van der Waals surface area (Å²) in [6.45, 7) is 4.02. The Hall–Kier alpha value is -0.610. The zero-order valence-corrected chi connectivity index (χ0v) is 8.25. The third-order valence-corrected chi connectivity index (χ3v) is 2.55. The van der Waals surface area contributed by atoms with Crippen LogP contribution in [-0.4, -0.2) is 48.3 Å². The molecule has 0 radical (unpaired) electrons. The average molecular weight is 187 g/mol. The summed E-state index contributed by atoms with van der Waals surface area (Å²) < 4.78 is 4.52. The molecule has 0 saturated carbocycles. The first kappa shape index (κ1) is 10.5. The highest BCUT2D eigenvalue weighted by atomic mass is 16.5. The molecule has 4 nitrogen and oxygen atoms in total. The summed E-state index contributed by atoms with van der Waals surface area (Å²) in [6, 6.07) is 0. The van der Waals surface area contributed by atoms with Gasteiger partial charge in [0, 0.05) is 19.6 Å². The molecule has 0 amide bonds. The van der Waals surface area contributed by atoms with E-state index in [9.17, 15) is 9.90 Å². The Balaban J connectivity index is 2.11. The minimum atomic E-state index is -0.504. The SMILES string of the molecule is CCC1(O)CN(CCC(=O)OC)C1. The van der Waals surface area contributed by atoms with Crippen molar-refractivity contribution in [2.45, 2.75) is 25.4 Å². The number of likely N-dealkylation sites (tertiary alicyclic amines) is 1. The molecule has 1 aliphatic heterocycles. The molecule has 13 heavy (non-hydrogen) atoms. The molecule has 0 atom stereocenters. The third-order valence-electron chi connectivity index (χ3n) is 2.55. The fourth-order valence-corrected chi connectivity index (χ4v) is 1.52. The van der Waals surface area contributed by atoms with Gasteiger partial charge in [0.2, 0.25) is 0 Å². The number of hydrogen-bond acceptors (Lipinski definition) is 4. The van der Waals surface area contributed by atoms with E-state index in [-0.39, 0.29) is 5.97 Å². The maximum Gasteiger partial charge on any atom is 0.306 e. The summed E-state index contributed by atoms with van der Waals surface area (Å²) in [4.78, 5) is 12.8. The minimum Gasteiger partial charge on any atom is -0.469 e. The molecule has 0 bridgehead atoms. The second kappa shape index (κ2) is 4.07. The van der Waals surface area contributed by atoms with E-state index in [1.807, 2.05) is 6.92 Å².